The Kier molecular flexibility index (Phi) is 16.1. The summed E-state index contributed by atoms with van der Waals surface area (Å²) in [5, 5.41) is 9.94. The summed E-state index contributed by atoms with van der Waals surface area (Å²) >= 11 is 7.56. The highest BCUT2D eigenvalue weighted by Gasteiger charge is 2.50. The van der Waals surface area contributed by atoms with Crippen molar-refractivity contribution < 1.29 is 0 Å². The molecule has 0 fully saturated rings. The van der Waals surface area contributed by atoms with Gasteiger partial charge in [0.05, 0.1) is 58.6 Å². The van der Waals surface area contributed by atoms with Crippen molar-refractivity contribution in [2.75, 3.05) is 29.4 Å². The van der Waals surface area contributed by atoms with Crippen molar-refractivity contribution in [3.8, 4) is 22.3 Å². The first-order chi connectivity index (χ1) is 62.6. The van der Waals surface area contributed by atoms with Gasteiger partial charge in [0.2, 0.25) is 0 Å². The molecular weight excluding hydrogens is 1600 g/mol. The third kappa shape index (κ3) is 10.7. The third-order valence-corrected chi connectivity index (χ3v) is 31.4. The van der Waals surface area contributed by atoms with Crippen molar-refractivity contribution >= 4 is 275 Å². The van der Waals surface area contributed by atoms with Crippen LogP contribution in [0, 0.1) is 0 Å². The minimum atomic E-state index is -0.309. The number of para-hydroxylation sites is 6. The van der Waals surface area contributed by atoms with Crippen LogP contribution in [0.5, 0.6) is 0 Å². The first kappa shape index (κ1) is 71.6. The second-order valence-electron chi connectivity index (χ2n) is 33.2. The second kappa shape index (κ2) is 28.3. The molecule has 0 bridgehead atoms. The molecule has 8 heterocycles. The Morgan fingerprint density at radius 1 is 0.198 bits per heavy atom. The number of rotatable bonds is 12. The van der Waals surface area contributed by atoms with E-state index in [1.807, 2.05) is 45.3 Å². The lowest BCUT2D eigenvalue weighted by molar-refractivity contribution is 1.22. The van der Waals surface area contributed by atoms with Crippen LogP contribution in [0.25, 0.3) is 103 Å². The van der Waals surface area contributed by atoms with E-state index in [-0.39, 0.29) is 13.4 Å². The SMILES string of the molecule is c1ccc(-c2cccc(-c3ccccc3)c2N(c2ccccc2)c2cc3c4c(c2)N(c2cccc5c2sc2ccccc25)c2cc5c(cc2B4c2ccccc2N3c2cccc3c2sc2ccccc23)B2c3ccccc3N(c3ccccc3)c3cc(N(c4ccccc4)c4cccc6c4sc4ccccc46)cc(c32)N5c2cccc3c2sc2ccccc23)cc1. The van der Waals surface area contributed by atoms with Crippen molar-refractivity contribution in [3.05, 3.63) is 425 Å². The zero-order valence-electron chi connectivity index (χ0n) is 67.9. The molecule has 0 aliphatic carbocycles. The van der Waals surface area contributed by atoms with Gasteiger partial charge in [-0.3, -0.25) is 0 Å². The standard InChI is InChI=1S/C114H70B2N6S4/c1-6-33-71(34-7-1)78-47-28-48-79(72-35-8-2-9-36-72)110(78)118(74-39-12-4-13-40-74)77-67-101-109-103(68-77)122(97-60-32-52-87-83-46-19-27-64-107(83)126-114(87)97)99-70-98-90(69-91(99)116(109)89-54-21-23-56-93(89)120(101)95-58-30-50-85-81-44-17-25-62-105(81)124-112(85)95)115-88-53-20-22-55-92(88)119(75-41-14-5-15-42-75)100-65-76(66-102(108(100)115)121(98)96-59-31-51-86-82-45-18-26-63-106(82)125-113(86)96)117(73-37-10-3-11-38-73)94-57-29-49-84-80-43-16-24-61-104(80)123-111(84)94/h1-70H. The van der Waals surface area contributed by atoms with E-state index in [0.717, 1.165) is 125 Å². The molecule has 586 valence electrons. The second-order valence-corrected chi connectivity index (χ2v) is 37.4. The molecule has 4 aliphatic heterocycles. The van der Waals surface area contributed by atoms with Crippen LogP contribution in [0.2, 0.25) is 0 Å². The average molecular weight is 1670 g/mol. The van der Waals surface area contributed by atoms with Crippen LogP contribution in [0.3, 0.4) is 0 Å². The zero-order valence-corrected chi connectivity index (χ0v) is 71.2. The highest BCUT2D eigenvalue weighted by Crippen LogP contribution is 2.59. The van der Waals surface area contributed by atoms with Crippen LogP contribution in [0.15, 0.2) is 425 Å². The molecule has 23 aromatic rings. The number of anilines is 18. The molecule has 0 radical (unpaired) electrons. The average Bonchev–Trinajstić information content (AvgIpc) is 0.693. The fourth-order valence-corrected chi connectivity index (χ4v) is 26.2. The van der Waals surface area contributed by atoms with Gasteiger partial charge < -0.3 is 29.4 Å². The van der Waals surface area contributed by atoms with Crippen LogP contribution < -0.4 is 62.2 Å². The summed E-state index contributed by atoms with van der Waals surface area (Å²) in [4.78, 5) is 15.9. The van der Waals surface area contributed by atoms with Crippen molar-refractivity contribution in [1.82, 2.24) is 0 Å². The third-order valence-electron chi connectivity index (χ3n) is 26.5. The van der Waals surface area contributed by atoms with Crippen LogP contribution in [0.1, 0.15) is 0 Å². The van der Waals surface area contributed by atoms with Crippen molar-refractivity contribution in [3.63, 3.8) is 0 Å². The quantitative estimate of drug-likeness (QED) is 0.113. The van der Waals surface area contributed by atoms with Crippen molar-refractivity contribution in [2.24, 2.45) is 0 Å². The van der Waals surface area contributed by atoms with Crippen molar-refractivity contribution in [1.29, 1.82) is 0 Å². The van der Waals surface area contributed by atoms with E-state index < -0.39 is 0 Å². The molecule has 19 aromatic carbocycles. The van der Waals surface area contributed by atoms with Gasteiger partial charge in [-0.15, -0.1) is 45.3 Å². The molecule has 0 saturated carbocycles. The van der Waals surface area contributed by atoms with E-state index in [1.165, 1.54) is 113 Å². The first-order valence-corrected chi connectivity index (χ1v) is 46.4. The van der Waals surface area contributed by atoms with E-state index in [4.69, 9.17) is 0 Å². The Morgan fingerprint density at radius 2 is 0.516 bits per heavy atom. The van der Waals surface area contributed by atoms with E-state index in [0.29, 0.717) is 0 Å². The molecular formula is C114H70B2N6S4. The lowest BCUT2D eigenvalue weighted by atomic mass is 9.30. The summed E-state index contributed by atoms with van der Waals surface area (Å²) in [5.74, 6) is 0. The highest BCUT2D eigenvalue weighted by atomic mass is 32.1. The lowest BCUT2D eigenvalue weighted by Crippen LogP contribution is -2.65. The van der Waals surface area contributed by atoms with E-state index in [2.05, 4.69) is 454 Å². The predicted molar refractivity (Wildman–Crippen MR) is 546 cm³/mol. The van der Waals surface area contributed by atoms with Gasteiger partial charge in [0.25, 0.3) is 13.4 Å². The van der Waals surface area contributed by atoms with E-state index >= 15 is 0 Å². The molecule has 0 atom stereocenters. The Morgan fingerprint density at radius 3 is 0.968 bits per heavy atom. The van der Waals surface area contributed by atoms with Crippen LogP contribution in [0.4, 0.5) is 102 Å². The Bertz CT molecular complexity index is 8380. The van der Waals surface area contributed by atoms with E-state index in [1.54, 1.807) is 0 Å². The van der Waals surface area contributed by atoms with Gasteiger partial charge in [-0.1, -0.05) is 297 Å². The molecule has 0 spiro atoms. The number of hydrogen-bond donors (Lipinski definition) is 0. The fraction of sp³-hybridized carbons (Fsp3) is 0. The molecule has 0 unspecified atom stereocenters. The minimum absolute atomic E-state index is 0.277. The van der Waals surface area contributed by atoms with Gasteiger partial charge >= 0.3 is 0 Å². The van der Waals surface area contributed by atoms with Crippen LogP contribution in [-0.2, 0) is 0 Å². The predicted octanol–water partition coefficient (Wildman–Crippen LogP) is 29.6. The molecule has 0 saturated heterocycles. The maximum absolute atomic E-state index is 2.74. The van der Waals surface area contributed by atoms with Gasteiger partial charge in [0.1, 0.15) is 0 Å². The number of fused-ring (bicyclic) bond motifs is 20. The monoisotopic (exact) mass is 1670 g/mol. The molecule has 27 rings (SSSR count). The molecule has 126 heavy (non-hydrogen) atoms. The number of nitrogens with zero attached hydrogens (tertiary/aromatic N) is 6. The maximum atomic E-state index is 2.74. The maximum Gasteiger partial charge on any atom is 0.252 e. The van der Waals surface area contributed by atoms with Gasteiger partial charge in [-0.05, 0) is 171 Å². The lowest BCUT2D eigenvalue weighted by Gasteiger charge is -2.48. The number of thiophene rings is 4. The van der Waals surface area contributed by atoms with Gasteiger partial charge in [0, 0.05) is 136 Å². The summed E-state index contributed by atoms with van der Waals surface area (Å²) in [5.41, 5.74) is 31.7. The molecule has 0 amide bonds. The number of hydrogen-bond acceptors (Lipinski definition) is 10. The minimum Gasteiger partial charge on any atom is -0.311 e. The summed E-state index contributed by atoms with van der Waals surface area (Å²) in [6.45, 7) is -0.586. The van der Waals surface area contributed by atoms with Crippen LogP contribution >= 0.6 is 45.3 Å². The van der Waals surface area contributed by atoms with Gasteiger partial charge in [-0.25, -0.2) is 0 Å². The van der Waals surface area contributed by atoms with Gasteiger partial charge in [-0.2, -0.15) is 0 Å². The summed E-state index contributed by atoms with van der Waals surface area (Å²) in [6, 6.07) is 161. The summed E-state index contributed by atoms with van der Waals surface area (Å²) in [6.07, 6.45) is 0. The largest absolute Gasteiger partial charge is 0.311 e. The molecule has 6 nitrogen and oxygen atoms in total. The number of benzene rings is 19. The Balaban J connectivity index is 0.811. The topological polar surface area (TPSA) is 19.4 Å². The Hall–Kier alpha value is -15.0. The smallest absolute Gasteiger partial charge is 0.252 e. The van der Waals surface area contributed by atoms with Crippen LogP contribution in [-0.4, -0.2) is 13.4 Å². The molecule has 4 aliphatic rings. The fourth-order valence-electron chi connectivity index (χ4n) is 21.4. The normalized spacial score (nSPS) is 13.0. The zero-order chi connectivity index (χ0) is 82.3. The highest BCUT2D eigenvalue weighted by molar-refractivity contribution is 7.28. The first-order valence-electron chi connectivity index (χ1n) is 43.1. The summed E-state index contributed by atoms with van der Waals surface area (Å²) < 4.78 is 9.92. The van der Waals surface area contributed by atoms with Crippen molar-refractivity contribution in [2.45, 2.75) is 0 Å². The Labute approximate surface area is 744 Å². The molecule has 4 aromatic heterocycles. The molecule has 0 N–H and O–H groups in total. The molecule has 12 heteroatoms. The summed E-state index contributed by atoms with van der Waals surface area (Å²) in [7, 11) is 0. The van der Waals surface area contributed by atoms with E-state index in [9.17, 15) is 0 Å². The van der Waals surface area contributed by atoms with Gasteiger partial charge in [0.15, 0.2) is 0 Å².